The molecule has 3 aliphatic heterocycles. The van der Waals surface area contributed by atoms with E-state index in [1.807, 2.05) is 24.3 Å². The van der Waals surface area contributed by atoms with Crippen LogP contribution in [-0.2, 0) is 19.1 Å². The molecule has 6 atom stereocenters. The van der Waals surface area contributed by atoms with E-state index >= 15 is 0 Å². The van der Waals surface area contributed by atoms with Crippen molar-refractivity contribution in [1.29, 1.82) is 0 Å². The van der Waals surface area contributed by atoms with Crippen molar-refractivity contribution in [3.63, 3.8) is 0 Å². The summed E-state index contributed by atoms with van der Waals surface area (Å²) in [6, 6.07) is 7.26. The lowest BCUT2D eigenvalue weighted by atomic mass is 9.71. The van der Waals surface area contributed by atoms with Gasteiger partial charge in [-0.25, -0.2) is 0 Å². The Morgan fingerprint density at radius 2 is 1.79 bits per heavy atom. The summed E-state index contributed by atoms with van der Waals surface area (Å²) in [4.78, 5) is 48.0. The van der Waals surface area contributed by atoms with E-state index in [0.717, 1.165) is 43.7 Å². The molecule has 0 radical (unpaired) electrons. The number of rotatable bonds is 16. The highest BCUT2D eigenvalue weighted by molar-refractivity contribution is 9.09. The summed E-state index contributed by atoms with van der Waals surface area (Å²) >= 11 is 5.41. The summed E-state index contributed by atoms with van der Waals surface area (Å²) in [5.74, 6) is -1.94. The number of nitrogens with zero attached hydrogens (tertiary/aromatic N) is 3. The van der Waals surface area contributed by atoms with Crippen molar-refractivity contribution in [2.75, 3.05) is 49.2 Å². The summed E-state index contributed by atoms with van der Waals surface area (Å²) in [6.45, 7) is 14.5. The van der Waals surface area contributed by atoms with Crippen LogP contribution < -0.4 is 9.80 Å². The van der Waals surface area contributed by atoms with Crippen molar-refractivity contribution in [3.05, 3.63) is 49.6 Å². The third-order valence-corrected chi connectivity index (χ3v) is 12.0. The number of hydrogen-bond acceptors (Lipinski definition) is 7. The van der Waals surface area contributed by atoms with Crippen LogP contribution in [0.4, 0.5) is 11.4 Å². The predicted molar refractivity (Wildman–Crippen MR) is 173 cm³/mol. The van der Waals surface area contributed by atoms with Gasteiger partial charge in [-0.2, -0.15) is 0 Å². The number of hydrogen-bond donors (Lipinski definition) is 1. The van der Waals surface area contributed by atoms with Gasteiger partial charge in [0.05, 0.1) is 16.6 Å². The zero-order chi connectivity index (χ0) is 30.4. The van der Waals surface area contributed by atoms with Crippen LogP contribution in [0.3, 0.4) is 0 Å². The van der Waals surface area contributed by atoms with Crippen molar-refractivity contribution in [1.82, 2.24) is 4.90 Å². The highest BCUT2D eigenvalue weighted by atomic mass is 79.9. The number of carbonyl (C=O) groups excluding carboxylic acids is 3. The Morgan fingerprint density at radius 1 is 1.12 bits per heavy atom. The van der Waals surface area contributed by atoms with Crippen molar-refractivity contribution in [2.24, 2.45) is 11.8 Å². The molecule has 3 heterocycles. The second-order valence-corrected chi connectivity index (χ2v) is 13.9. The van der Waals surface area contributed by atoms with E-state index in [1.54, 1.807) is 27.6 Å². The average Bonchev–Trinajstić information content (AvgIpc) is 3.58. The Morgan fingerprint density at radius 3 is 2.40 bits per heavy atom. The van der Waals surface area contributed by atoms with Crippen LogP contribution in [0, 0.1) is 11.8 Å². The number of aliphatic hydroxyl groups is 1. The minimum absolute atomic E-state index is 0.0196. The van der Waals surface area contributed by atoms with Gasteiger partial charge < -0.3 is 24.5 Å². The Balaban J connectivity index is 1.71. The molecule has 42 heavy (non-hydrogen) atoms. The first-order valence-corrected chi connectivity index (χ1v) is 16.9. The van der Waals surface area contributed by atoms with E-state index in [1.165, 1.54) is 6.08 Å². The second-order valence-electron chi connectivity index (χ2n) is 11.2. The molecule has 0 aliphatic carbocycles. The summed E-state index contributed by atoms with van der Waals surface area (Å²) < 4.78 is 4.75. The summed E-state index contributed by atoms with van der Waals surface area (Å²) in [5, 5.41) is 9.04. The third kappa shape index (κ3) is 6.04. The van der Waals surface area contributed by atoms with Gasteiger partial charge >= 0.3 is 5.97 Å². The Labute approximate surface area is 262 Å². The summed E-state index contributed by atoms with van der Waals surface area (Å²) in [6.07, 6.45) is 6.97. The first-order valence-electron chi connectivity index (χ1n) is 15.1. The maximum Gasteiger partial charge on any atom is 0.311 e. The van der Waals surface area contributed by atoms with Crippen LogP contribution in [0.15, 0.2) is 49.6 Å². The summed E-state index contributed by atoms with van der Waals surface area (Å²) in [5.41, 5.74) is 1.84. The number of benzene rings is 1. The number of halogens is 1. The molecular weight excluding hydrogens is 618 g/mol. The molecule has 0 aromatic heterocycles. The molecule has 2 bridgehead atoms. The highest BCUT2D eigenvalue weighted by Gasteiger charge is 2.76. The van der Waals surface area contributed by atoms with Crippen LogP contribution in [0.1, 0.15) is 46.0 Å². The van der Waals surface area contributed by atoms with E-state index in [9.17, 15) is 19.5 Å². The maximum absolute atomic E-state index is 14.7. The minimum atomic E-state index is -0.740. The van der Waals surface area contributed by atoms with E-state index < -0.39 is 28.6 Å². The SMILES string of the molecule is C=CCOC(=O)[C@H]1[C@H]2C(=O)N(CCCCCCO)C(C(=O)N(CC=C)c3ccc(N(CC)CC)cc3)C23CC(Br)[C@@H]1S3. The van der Waals surface area contributed by atoms with Gasteiger partial charge in [-0.1, -0.05) is 47.5 Å². The fourth-order valence-corrected chi connectivity index (χ4v) is 10.5. The molecule has 3 fully saturated rings. The van der Waals surface area contributed by atoms with Gasteiger partial charge in [-0.15, -0.1) is 18.3 Å². The molecule has 4 rings (SSSR count). The number of carbonyl (C=O) groups is 3. The lowest BCUT2D eigenvalue weighted by Crippen LogP contribution is -2.55. The molecule has 1 spiro atoms. The van der Waals surface area contributed by atoms with Crippen LogP contribution in [0.25, 0.3) is 0 Å². The zero-order valence-corrected chi connectivity index (χ0v) is 27.2. The normalized spacial score (nSPS) is 27.6. The standard InChI is InChI=1S/C32H44BrN3O5S/c1-5-17-35(23-15-13-22(14-16-23)34(7-3)8-4)30(39)28-32-21-24(33)27(42-32)25(31(40)41-20-6-2)26(32)29(38)36(28)18-11-9-10-12-19-37/h5-6,13-16,24-28,37H,1-2,7-12,17-21H2,3-4H3/t24?,25-,26-,27-,28?,32?/m0/s1. The van der Waals surface area contributed by atoms with Gasteiger partial charge in [0.25, 0.3) is 5.91 Å². The Hall–Kier alpha value is -2.30. The zero-order valence-electron chi connectivity index (χ0n) is 24.8. The van der Waals surface area contributed by atoms with Crippen LogP contribution in [0.5, 0.6) is 0 Å². The average molecular weight is 663 g/mol. The molecule has 3 unspecified atom stereocenters. The molecule has 1 N–H and O–H groups in total. The molecule has 230 valence electrons. The Kier molecular flexibility index (Phi) is 11.2. The van der Waals surface area contributed by atoms with Crippen molar-refractivity contribution >= 4 is 56.9 Å². The molecule has 2 amide bonds. The number of ether oxygens (including phenoxy) is 1. The number of unbranched alkanes of at least 4 members (excludes halogenated alkanes) is 3. The van der Waals surface area contributed by atoms with Crippen LogP contribution in [0.2, 0.25) is 0 Å². The number of alkyl halides is 1. The van der Waals surface area contributed by atoms with Crippen molar-refractivity contribution < 1.29 is 24.2 Å². The number of amides is 2. The third-order valence-electron chi connectivity index (χ3n) is 8.81. The second kappa shape index (κ2) is 14.4. The molecular formula is C32H44BrN3O5S. The van der Waals surface area contributed by atoms with Crippen molar-refractivity contribution in [2.45, 2.75) is 66.8 Å². The molecule has 1 aromatic carbocycles. The lowest BCUT2D eigenvalue weighted by Gasteiger charge is -2.38. The molecule has 3 saturated heterocycles. The molecule has 0 saturated carbocycles. The first-order chi connectivity index (χ1) is 20.3. The maximum atomic E-state index is 14.7. The van der Waals surface area contributed by atoms with E-state index in [-0.39, 0.29) is 35.1 Å². The quantitative estimate of drug-likeness (QED) is 0.118. The lowest BCUT2D eigenvalue weighted by molar-refractivity contribution is -0.153. The number of likely N-dealkylation sites (tertiary alicyclic amines) is 1. The van der Waals surface area contributed by atoms with Crippen molar-refractivity contribution in [3.8, 4) is 0 Å². The number of anilines is 2. The monoisotopic (exact) mass is 661 g/mol. The Bertz CT molecular complexity index is 1150. The number of esters is 1. The van der Waals surface area contributed by atoms with Gasteiger partial charge in [0.1, 0.15) is 12.6 Å². The minimum Gasteiger partial charge on any atom is -0.461 e. The highest BCUT2D eigenvalue weighted by Crippen LogP contribution is 2.68. The van der Waals surface area contributed by atoms with E-state index in [2.05, 4.69) is 47.8 Å². The van der Waals surface area contributed by atoms with E-state index in [0.29, 0.717) is 25.9 Å². The smallest absolute Gasteiger partial charge is 0.311 e. The van der Waals surface area contributed by atoms with Crippen LogP contribution in [-0.4, -0.2) is 88.0 Å². The van der Waals surface area contributed by atoms with Gasteiger partial charge in [-0.05, 0) is 57.4 Å². The topological polar surface area (TPSA) is 90.4 Å². The molecule has 1 aromatic rings. The fraction of sp³-hybridized carbons (Fsp3) is 0.594. The van der Waals surface area contributed by atoms with Gasteiger partial charge in [-0.3, -0.25) is 14.4 Å². The van der Waals surface area contributed by atoms with E-state index in [4.69, 9.17) is 4.74 Å². The first kappa shape index (κ1) is 32.6. The largest absolute Gasteiger partial charge is 0.461 e. The van der Waals surface area contributed by atoms with Crippen LogP contribution >= 0.6 is 27.7 Å². The van der Waals surface area contributed by atoms with Gasteiger partial charge in [0.2, 0.25) is 5.91 Å². The predicted octanol–water partition coefficient (Wildman–Crippen LogP) is 4.80. The molecule has 8 nitrogen and oxygen atoms in total. The fourth-order valence-electron chi connectivity index (χ4n) is 6.93. The number of thioether (sulfide) groups is 1. The molecule has 3 aliphatic rings. The number of aliphatic hydroxyl groups excluding tert-OH is 1. The summed E-state index contributed by atoms with van der Waals surface area (Å²) in [7, 11) is 0. The van der Waals surface area contributed by atoms with Gasteiger partial charge in [0.15, 0.2) is 0 Å². The molecule has 10 heteroatoms. The number of fused-ring (bicyclic) bond motifs is 1. The van der Waals surface area contributed by atoms with Gasteiger partial charge in [0, 0.05) is 54.2 Å².